The summed E-state index contributed by atoms with van der Waals surface area (Å²) in [6.45, 7) is 2.24. The van der Waals surface area contributed by atoms with E-state index in [4.69, 9.17) is 16.3 Å². The minimum absolute atomic E-state index is 0.138. The van der Waals surface area contributed by atoms with E-state index in [1.54, 1.807) is 16.2 Å². The van der Waals surface area contributed by atoms with Crippen molar-refractivity contribution in [3.8, 4) is 0 Å². The van der Waals surface area contributed by atoms with Gasteiger partial charge in [-0.15, -0.1) is 0 Å². The Bertz CT molecular complexity index is 915. The fourth-order valence-corrected chi connectivity index (χ4v) is 3.01. The lowest BCUT2D eigenvalue weighted by Crippen LogP contribution is -2.30. The molecule has 6 heteroatoms. The summed E-state index contributed by atoms with van der Waals surface area (Å²) in [5.41, 5.74) is 2.49. The molecular weight excluding hydrogens is 340 g/mol. The summed E-state index contributed by atoms with van der Waals surface area (Å²) in [7, 11) is 1.73. The van der Waals surface area contributed by atoms with Gasteiger partial charge in [-0.3, -0.25) is 9.13 Å². The first-order valence-electron chi connectivity index (χ1n) is 8.16. The van der Waals surface area contributed by atoms with Crippen molar-refractivity contribution in [1.82, 2.24) is 9.13 Å². The fraction of sp³-hybridized carbons (Fsp3) is 0.316. The topological polar surface area (TPSA) is 56.4 Å². The highest BCUT2D eigenvalue weighted by molar-refractivity contribution is 6.30. The van der Waals surface area contributed by atoms with Crippen LogP contribution in [0.3, 0.4) is 0 Å². The minimum Gasteiger partial charge on any atom is -0.389 e. The normalized spacial score (nSPS) is 13.9. The van der Waals surface area contributed by atoms with Crippen LogP contribution in [-0.4, -0.2) is 27.0 Å². The highest BCUT2D eigenvalue weighted by Crippen LogP contribution is 2.19. The maximum absolute atomic E-state index is 12.4. The van der Waals surface area contributed by atoms with Gasteiger partial charge in [0.05, 0.1) is 36.4 Å². The fourth-order valence-electron chi connectivity index (χ4n) is 2.89. The van der Waals surface area contributed by atoms with Gasteiger partial charge in [0.15, 0.2) is 0 Å². The van der Waals surface area contributed by atoms with Crippen molar-refractivity contribution in [1.29, 1.82) is 0 Å². The van der Waals surface area contributed by atoms with Crippen LogP contribution in [0.1, 0.15) is 18.6 Å². The Balaban J connectivity index is 1.67. The lowest BCUT2D eigenvalue weighted by molar-refractivity contribution is -0.00868. The molecule has 1 aromatic heterocycles. The van der Waals surface area contributed by atoms with Crippen LogP contribution in [0.15, 0.2) is 53.3 Å². The van der Waals surface area contributed by atoms with Crippen LogP contribution in [0.5, 0.6) is 0 Å². The van der Waals surface area contributed by atoms with E-state index < -0.39 is 6.10 Å². The van der Waals surface area contributed by atoms with Gasteiger partial charge in [0.2, 0.25) is 0 Å². The lowest BCUT2D eigenvalue weighted by atomic mass is 10.1. The average molecular weight is 361 g/mol. The number of rotatable bonds is 6. The minimum atomic E-state index is -0.779. The molecule has 0 amide bonds. The maximum atomic E-state index is 12.4. The van der Waals surface area contributed by atoms with Gasteiger partial charge in [0, 0.05) is 12.1 Å². The van der Waals surface area contributed by atoms with Crippen molar-refractivity contribution in [2.24, 2.45) is 7.05 Å². The predicted octanol–water partition coefficient (Wildman–Crippen LogP) is 3.13. The van der Waals surface area contributed by atoms with Gasteiger partial charge in [-0.25, -0.2) is 4.79 Å². The van der Waals surface area contributed by atoms with Crippen molar-refractivity contribution in [2.75, 3.05) is 6.61 Å². The first-order valence-corrected chi connectivity index (χ1v) is 8.54. The highest BCUT2D eigenvalue weighted by atomic mass is 35.5. The maximum Gasteiger partial charge on any atom is 0.328 e. The molecule has 2 aromatic carbocycles. The van der Waals surface area contributed by atoms with Gasteiger partial charge in [0.1, 0.15) is 0 Å². The number of hydrogen-bond acceptors (Lipinski definition) is 3. The standard InChI is InChI=1S/C19H21ClN2O3/c1-13(14-7-9-15(20)10-8-14)25-12-16(23)11-22-18-6-4-3-5-17(18)21(2)19(22)24/h3-10,13,16,23H,11-12H2,1-2H3/t13-,16-/m1/s1. The van der Waals surface area contributed by atoms with Crippen molar-refractivity contribution < 1.29 is 9.84 Å². The second-order valence-corrected chi connectivity index (χ2v) is 6.56. The summed E-state index contributed by atoms with van der Waals surface area (Å²) < 4.78 is 8.91. The number of fused-ring (bicyclic) bond motifs is 1. The monoisotopic (exact) mass is 360 g/mol. The number of aromatic nitrogens is 2. The van der Waals surface area contributed by atoms with Crippen LogP contribution in [0, 0.1) is 0 Å². The summed E-state index contributed by atoms with van der Waals surface area (Å²) in [6, 6.07) is 14.9. The van der Waals surface area contributed by atoms with E-state index in [1.165, 1.54) is 0 Å². The molecule has 0 fully saturated rings. The summed E-state index contributed by atoms with van der Waals surface area (Å²) in [6.07, 6.45) is -0.950. The third-order valence-corrected chi connectivity index (χ3v) is 4.58. The quantitative estimate of drug-likeness (QED) is 0.734. The van der Waals surface area contributed by atoms with Crippen LogP contribution in [0.4, 0.5) is 0 Å². The van der Waals surface area contributed by atoms with E-state index in [9.17, 15) is 9.90 Å². The second kappa shape index (κ2) is 7.44. The Morgan fingerprint density at radius 1 is 1.12 bits per heavy atom. The molecule has 3 aromatic rings. The lowest BCUT2D eigenvalue weighted by Gasteiger charge is -2.17. The Morgan fingerprint density at radius 2 is 1.76 bits per heavy atom. The number of nitrogens with zero attached hydrogens (tertiary/aromatic N) is 2. The summed E-state index contributed by atoms with van der Waals surface area (Å²) in [5, 5.41) is 11.0. The largest absolute Gasteiger partial charge is 0.389 e. The second-order valence-electron chi connectivity index (χ2n) is 6.12. The summed E-state index contributed by atoms with van der Waals surface area (Å²) in [4.78, 5) is 12.4. The van der Waals surface area contributed by atoms with Gasteiger partial charge in [-0.2, -0.15) is 0 Å². The van der Waals surface area contributed by atoms with Crippen molar-refractivity contribution in [3.05, 3.63) is 69.6 Å². The van der Waals surface area contributed by atoms with E-state index >= 15 is 0 Å². The van der Waals surface area contributed by atoms with E-state index in [0.717, 1.165) is 16.6 Å². The molecule has 2 atom stereocenters. The first kappa shape index (κ1) is 17.7. The molecule has 1 heterocycles. The van der Waals surface area contributed by atoms with Crippen LogP contribution in [0.2, 0.25) is 5.02 Å². The first-order chi connectivity index (χ1) is 12.0. The molecule has 25 heavy (non-hydrogen) atoms. The van der Waals surface area contributed by atoms with Gasteiger partial charge in [0.25, 0.3) is 0 Å². The number of aliphatic hydroxyl groups is 1. The molecule has 3 rings (SSSR count). The third kappa shape index (κ3) is 3.79. The van der Waals surface area contributed by atoms with E-state index in [0.29, 0.717) is 5.02 Å². The van der Waals surface area contributed by atoms with E-state index in [-0.39, 0.29) is 24.9 Å². The van der Waals surface area contributed by atoms with Gasteiger partial charge in [-0.05, 0) is 36.8 Å². The number of ether oxygens (including phenoxy) is 1. The summed E-state index contributed by atoms with van der Waals surface area (Å²) >= 11 is 5.88. The Labute approximate surface area is 151 Å². The highest BCUT2D eigenvalue weighted by Gasteiger charge is 2.15. The average Bonchev–Trinajstić information content (AvgIpc) is 2.85. The molecule has 0 saturated heterocycles. The Hall–Kier alpha value is -2.08. The third-order valence-electron chi connectivity index (χ3n) is 4.32. The van der Waals surface area contributed by atoms with E-state index in [1.807, 2.05) is 55.5 Å². The molecular formula is C19H21ClN2O3. The van der Waals surface area contributed by atoms with Crippen LogP contribution < -0.4 is 5.69 Å². The molecule has 0 bridgehead atoms. The SMILES string of the molecule is C[C@@H](OC[C@H](O)Cn1c(=O)n(C)c2ccccc21)c1ccc(Cl)cc1. The smallest absolute Gasteiger partial charge is 0.328 e. The predicted molar refractivity (Wildman–Crippen MR) is 99.0 cm³/mol. The zero-order valence-electron chi connectivity index (χ0n) is 14.2. The van der Waals surface area contributed by atoms with Crippen LogP contribution >= 0.6 is 11.6 Å². The van der Waals surface area contributed by atoms with E-state index in [2.05, 4.69) is 0 Å². The molecule has 0 saturated carbocycles. The molecule has 0 aliphatic heterocycles. The molecule has 0 radical (unpaired) electrons. The molecule has 0 spiro atoms. The number of imidazole rings is 1. The molecule has 0 aliphatic rings. The zero-order valence-corrected chi connectivity index (χ0v) is 15.0. The number of aliphatic hydroxyl groups excluding tert-OH is 1. The number of benzene rings is 2. The number of halogens is 1. The van der Waals surface area contributed by atoms with Crippen LogP contribution in [0.25, 0.3) is 11.0 Å². The number of hydrogen-bond donors (Lipinski definition) is 1. The van der Waals surface area contributed by atoms with Gasteiger partial charge >= 0.3 is 5.69 Å². The molecule has 5 nitrogen and oxygen atoms in total. The van der Waals surface area contributed by atoms with Gasteiger partial charge in [-0.1, -0.05) is 35.9 Å². The molecule has 132 valence electrons. The number of para-hydroxylation sites is 2. The number of aryl methyl sites for hydroxylation is 1. The van der Waals surface area contributed by atoms with Crippen molar-refractivity contribution >= 4 is 22.6 Å². The summed E-state index contributed by atoms with van der Waals surface area (Å²) in [5.74, 6) is 0. The van der Waals surface area contributed by atoms with Gasteiger partial charge < -0.3 is 9.84 Å². The zero-order chi connectivity index (χ0) is 18.0. The van der Waals surface area contributed by atoms with Crippen molar-refractivity contribution in [3.63, 3.8) is 0 Å². The molecule has 0 aliphatic carbocycles. The van der Waals surface area contributed by atoms with Crippen molar-refractivity contribution in [2.45, 2.75) is 25.7 Å². The molecule has 1 N–H and O–H groups in total. The Kier molecular flexibility index (Phi) is 5.27. The molecule has 0 unspecified atom stereocenters. The van der Waals surface area contributed by atoms with Crippen LogP contribution in [-0.2, 0) is 18.3 Å². The Morgan fingerprint density at radius 3 is 2.44 bits per heavy atom.